The van der Waals surface area contributed by atoms with Crippen LogP contribution in [0.25, 0.3) is 0 Å². The van der Waals surface area contributed by atoms with Crippen LogP contribution in [0.4, 0.5) is 0 Å². The number of piperidine rings is 1. The molecule has 2 rings (SSSR count). The Morgan fingerprint density at radius 1 is 1.16 bits per heavy atom. The summed E-state index contributed by atoms with van der Waals surface area (Å²) in [5, 5.41) is 0. The van der Waals surface area contributed by atoms with Gasteiger partial charge in [-0.25, -0.2) is 0 Å². The van der Waals surface area contributed by atoms with Gasteiger partial charge in [-0.15, -0.1) is 0 Å². The van der Waals surface area contributed by atoms with Crippen LogP contribution in [0, 0.1) is 11.8 Å². The molecule has 1 saturated heterocycles. The molecule has 2 heteroatoms. The van der Waals surface area contributed by atoms with E-state index in [-0.39, 0.29) is 0 Å². The van der Waals surface area contributed by atoms with Crippen molar-refractivity contribution in [1.29, 1.82) is 0 Å². The third-order valence-corrected chi connectivity index (χ3v) is 4.42. The van der Waals surface area contributed by atoms with Crippen molar-refractivity contribution in [2.45, 2.75) is 45.7 Å². The minimum atomic E-state index is 0.380. The molecule has 2 nitrogen and oxygen atoms in total. The summed E-state index contributed by atoms with van der Waals surface area (Å²) < 4.78 is 0. The van der Waals surface area contributed by atoms with Crippen LogP contribution in [0.1, 0.15) is 38.7 Å². The first-order chi connectivity index (χ1) is 9.15. The fourth-order valence-electron chi connectivity index (χ4n) is 2.88. The molecular weight excluding hydrogens is 232 g/mol. The molecule has 1 aliphatic heterocycles. The molecule has 0 saturated carbocycles. The average Bonchev–Trinajstić information content (AvgIpc) is 2.42. The Bertz CT molecular complexity index is 353. The van der Waals surface area contributed by atoms with E-state index in [1.165, 1.54) is 37.9 Å². The summed E-state index contributed by atoms with van der Waals surface area (Å²) in [6.07, 6.45) is 3.83. The lowest BCUT2D eigenvalue weighted by Gasteiger charge is -2.33. The standard InChI is InChI=1S/C17H28N2/c1-14(2)17(18)12-15-8-10-19(11-9-15)13-16-6-4-3-5-7-16/h3-7,14-15,17H,8-13,18H2,1-2H3. The molecule has 1 aromatic rings. The highest BCUT2D eigenvalue weighted by molar-refractivity contribution is 5.14. The van der Waals surface area contributed by atoms with E-state index < -0.39 is 0 Å². The van der Waals surface area contributed by atoms with Crippen LogP contribution in [0.15, 0.2) is 30.3 Å². The van der Waals surface area contributed by atoms with Crippen LogP contribution in [-0.4, -0.2) is 24.0 Å². The van der Waals surface area contributed by atoms with Crippen molar-refractivity contribution in [2.24, 2.45) is 17.6 Å². The van der Waals surface area contributed by atoms with E-state index in [1.807, 2.05) is 0 Å². The zero-order chi connectivity index (χ0) is 13.7. The van der Waals surface area contributed by atoms with Crippen molar-refractivity contribution >= 4 is 0 Å². The fourth-order valence-corrected chi connectivity index (χ4v) is 2.88. The highest BCUT2D eigenvalue weighted by atomic mass is 15.1. The van der Waals surface area contributed by atoms with E-state index in [1.54, 1.807) is 0 Å². The van der Waals surface area contributed by atoms with Crippen molar-refractivity contribution in [3.8, 4) is 0 Å². The van der Waals surface area contributed by atoms with Crippen molar-refractivity contribution in [2.75, 3.05) is 13.1 Å². The van der Waals surface area contributed by atoms with E-state index in [0.29, 0.717) is 12.0 Å². The van der Waals surface area contributed by atoms with Gasteiger partial charge in [0.2, 0.25) is 0 Å². The number of nitrogens with two attached hydrogens (primary N) is 1. The number of benzene rings is 1. The molecule has 19 heavy (non-hydrogen) atoms. The minimum Gasteiger partial charge on any atom is -0.327 e. The third kappa shape index (κ3) is 4.63. The third-order valence-electron chi connectivity index (χ3n) is 4.42. The van der Waals surface area contributed by atoms with E-state index in [0.717, 1.165) is 12.5 Å². The number of likely N-dealkylation sites (tertiary alicyclic amines) is 1. The molecule has 2 N–H and O–H groups in total. The maximum absolute atomic E-state index is 6.19. The Labute approximate surface area is 118 Å². The summed E-state index contributed by atoms with van der Waals surface area (Å²) in [5.74, 6) is 1.45. The maximum atomic E-state index is 6.19. The van der Waals surface area contributed by atoms with Crippen molar-refractivity contribution < 1.29 is 0 Å². The van der Waals surface area contributed by atoms with E-state index in [2.05, 4.69) is 49.1 Å². The zero-order valence-corrected chi connectivity index (χ0v) is 12.4. The van der Waals surface area contributed by atoms with E-state index >= 15 is 0 Å². The number of hydrogen-bond acceptors (Lipinski definition) is 2. The summed E-state index contributed by atoms with van der Waals surface area (Å²) in [4.78, 5) is 2.58. The molecule has 0 bridgehead atoms. The van der Waals surface area contributed by atoms with Gasteiger partial charge in [-0.2, -0.15) is 0 Å². The Hall–Kier alpha value is -0.860. The second kappa shape index (κ2) is 7.06. The van der Waals surface area contributed by atoms with Gasteiger partial charge < -0.3 is 5.73 Å². The molecule has 106 valence electrons. The molecule has 0 amide bonds. The van der Waals surface area contributed by atoms with Crippen LogP contribution < -0.4 is 5.73 Å². The lowest BCUT2D eigenvalue weighted by Crippen LogP contribution is -2.36. The smallest absolute Gasteiger partial charge is 0.0233 e. The van der Waals surface area contributed by atoms with Crippen molar-refractivity contribution in [3.63, 3.8) is 0 Å². The summed E-state index contributed by atoms with van der Waals surface area (Å²) in [6, 6.07) is 11.2. The quantitative estimate of drug-likeness (QED) is 0.880. The van der Waals surface area contributed by atoms with Gasteiger partial charge in [0.25, 0.3) is 0 Å². The van der Waals surface area contributed by atoms with Gasteiger partial charge in [-0.3, -0.25) is 4.90 Å². The zero-order valence-electron chi connectivity index (χ0n) is 12.4. The second-order valence-electron chi connectivity index (χ2n) is 6.35. The molecule has 1 fully saturated rings. The van der Waals surface area contributed by atoms with Crippen LogP contribution in [-0.2, 0) is 6.54 Å². The Morgan fingerprint density at radius 2 is 1.79 bits per heavy atom. The predicted octanol–water partition coefficient (Wildman–Crippen LogP) is 3.27. The number of nitrogens with zero attached hydrogens (tertiary/aromatic N) is 1. The average molecular weight is 260 g/mol. The molecule has 1 atom stereocenters. The molecular formula is C17H28N2. The first kappa shape index (κ1) is 14.5. The number of hydrogen-bond donors (Lipinski definition) is 1. The van der Waals surface area contributed by atoms with Gasteiger partial charge in [0.05, 0.1) is 0 Å². The summed E-state index contributed by atoms with van der Waals surface area (Å²) in [5.41, 5.74) is 7.62. The summed E-state index contributed by atoms with van der Waals surface area (Å²) >= 11 is 0. The normalized spacial score (nSPS) is 19.8. The van der Waals surface area contributed by atoms with Crippen LogP contribution >= 0.6 is 0 Å². The SMILES string of the molecule is CC(C)C(N)CC1CCN(Cc2ccccc2)CC1. The molecule has 0 spiro atoms. The molecule has 0 aromatic heterocycles. The molecule has 1 heterocycles. The topological polar surface area (TPSA) is 29.3 Å². The molecule has 0 radical (unpaired) electrons. The van der Waals surface area contributed by atoms with Gasteiger partial charge in [0, 0.05) is 12.6 Å². The first-order valence-corrected chi connectivity index (χ1v) is 7.67. The van der Waals surface area contributed by atoms with Gasteiger partial charge in [-0.05, 0) is 49.8 Å². The predicted molar refractivity (Wildman–Crippen MR) is 81.9 cm³/mol. The number of rotatable bonds is 5. The van der Waals surface area contributed by atoms with Crippen LogP contribution in [0.3, 0.4) is 0 Å². The van der Waals surface area contributed by atoms with Crippen LogP contribution in [0.5, 0.6) is 0 Å². The minimum absolute atomic E-state index is 0.380. The van der Waals surface area contributed by atoms with Gasteiger partial charge in [0.15, 0.2) is 0 Å². The van der Waals surface area contributed by atoms with E-state index in [4.69, 9.17) is 5.73 Å². The highest BCUT2D eigenvalue weighted by Crippen LogP contribution is 2.24. The molecule has 1 unspecified atom stereocenters. The Kier molecular flexibility index (Phi) is 5.41. The largest absolute Gasteiger partial charge is 0.327 e. The Balaban J connectivity index is 1.73. The van der Waals surface area contributed by atoms with Crippen LogP contribution in [0.2, 0.25) is 0 Å². The highest BCUT2D eigenvalue weighted by Gasteiger charge is 2.22. The lowest BCUT2D eigenvalue weighted by molar-refractivity contribution is 0.163. The summed E-state index contributed by atoms with van der Waals surface area (Å²) in [7, 11) is 0. The fraction of sp³-hybridized carbons (Fsp3) is 0.647. The second-order valence-corrected chi connectivity index (χ2v) is 6.35. The first-order valence-electron chi connectivity index (χ1n) is 7.67. The van der Waals surface area contributed by atoms with Crippen molar-refractivity contribution in [3.05, 3.63) is 35.9 Å². The maximum Gasteiger partial charge on any atom is 0.0233 e. The summed E-state index contributed by atoms with van der Waals surface area (Å²) in [6.45, 7) is 8.02. The van der Waals surface area contributed by atoms with Gasteiger partial charge in [0.1, 0.15) is 0 Å². The molecule has 1 aliphatic rings. The molecule has 1 aromatic carbocycles. The van der Waals surface area contributed by atoms with Gasteiger partial charge >= 0.3 is 0 Å². The Morgan fingerprint density at radius 3 is 2.37 bits per heavy atom. The monoisotopic (exact) mass is 260 g/mol. The van der Waals surface area contributed by atoms with Gasteiger partial charge in [-0.1, -0.05) is 44.2 Å². The van der Waals surface area contributed by atoms with Crippen molar-refractivity contribution in [1.82, 2.24) is 4.90 Å². The molecule has 0 aliphatic carbocycles. The lowest BCUT2D eigenvalue weighted by atomic mass is 9.87. The van der Waals surface area contributed by atoms with E-state index in [9.17, 15) is 0 Å².